The van der Waals surface area contributed by atoms with Crippen LogP contribution in [-0.4, -0.2) is 28.3 Å². The van der Waals surface area contributed by atoms with E-state index in [1.165, 1.54) is 30.3 Å². The SMILES string of the molecule is CO.Cc1[nH]nc(C(=O)NCc2ccc(Cl)c(Oc3cc(Cl)cc(C#N)c3)c2F)c1C. The number of H-pyrrole nitrogens is 1. The molecular weight excluding hydrogens is 446 g/mol. The van der Waals surface area contributed by atoms with Gasteiger partial charge in [0, 0.05) is 35.5 Å². The second-order valence-electron chi connectivity index (χ2n) is 6.24. The molecule has 1 heterocycles. The van der Waals surface area contributed by atoms with Crippen LogP contribution in [0.2, 0.25) is 10.0 Å². The standard InChI is InChI=1S/C20H15Cl2FN4O2.CH4O/c1-10-11(2)26-27-18(10)20(28)25-9-13-3-4-16(22)19(17(13)23)29-15-6-12(8-24)5-14(21)7-15;1-2/h3-7H,9H2,1-2H3,(H,25,28)(H,26,27);2H,1H3. The molecule has 1 amide bonds. The Morgan fingerprint density at radius 2 is 2.00 bits per heavy atom. The number of nitriles is 1. The predicted octanol–water partition coefficient (Wildman–Crippen LogP) is 4.67. The summed E-state index contributed by atoms with van der Waals surface area (Å²) in [4.78, 5) is 12.3. The summed E-state index contributed by atoms with van der Waals surface area (Å²) in [6.07, 6.45) is 0. The van der Waals surface area contributed by atoms with Crippen molar-refractivity contribution < 1.29 is 19.0 Å². The molecule has 0 radical (unpaired) electrons. The van der Waals surface area contributed by atoms with E-state index in [4.69, 9.17) is 38.3 Å². The Morgan fingerprint density at radius 1 is 1.29 bits per heavy atom. The largest absolute Gasteiger partial charge is 0.453 e. The van der Waals surface area contributed by atoms with E-state index in [9.17, 15) is 9.18 Å². The molecule has 0 aliphatic heterocycles. The van der Waals surface area contributed by atoms with Gasteiger partial charge >= 0.3 is 0 Å². The molecule has 0 saturated carbocycles. The highest BCUT2D eigenvalue weighted by molar-refractivity contribution is 6.32. The molecule has 0 spiro atoms. The Kier molecular flexibility index (Phi) is 8.39. The lowest BCUT2D eigenvalue weighted by molar-refractivity contribution is 0.0945. The number of aliphatic hydroxyl groups is 1. The monoisotopic (exact) mass is 464 g/mol. The minimum atomic E-state index is -0.730. The molecule has 3 aromatic rings. The van der Waals surface area contributed by atoms with Crippen molar-refractivity contribution in [3.63, 3.8) is 0 Å². The van der Waals surface area contributed by atoms with E-state index < -0.39 is 11.7 Å². The third-order valence-corrected chi connectivity index (χ3v) is 4.77. The normalized spacial score (nSPS) is 10.0. The Labute approximate surface area is 188 Å². The molecular formula is C21H19Cl2FN4O3. The van der Waals surface area contributed by atoms with Crippen LogP contribution in [0.25, 0.3) is 0 Å². The zero-order valence-electron chi connectivity index (χ0n) is 16.9. The van der Waals surface area contributed by atoms with Crippen LogP contribution in [0.1, 0.15) is 32.9 Å². The van der Waals surface area contributed by atoms with E-state index in [2.05, 4.69) is 15.5 Å². The molecule has 0 aliphatic carbocycles. The smallest absolute Gasteiger partial charge is 0.272 e. The molecule has 0 fully saturated rings. The summed E-state index contributed by atoms with van der Waals surface area (Å²) in [6.45, 7) is 3.47. The summed E-state index contributed by atoms with van der Waals surface area (Å²) in [5, 5.41) is 25.6. The first-order chi connectivity index (χ1) is 14.8. The zero-order valence-corrected chi connectivity index (χ0v) is 18.4. The topological polar surface area (TPSA) is 111 Å². The summed E-state index contributed by atoms with van der Waals surface area (Å²) >= 11 is 12.0. The molecule has 2 aromatic carbocycles. The fraction of sp³-hybridized carbons (Fsp3) is 0.190. The number of hydrogen-bond acceptors (Lipinski definition) is 5. The third-order valence-electron chi connectivity index (χ3n) is 4.26. The van der Waals surface area contributed by atoms with Crippen molar-refractivity contribution in [3.8, 4) is 17.6 Å². The van der Waals surface area contributed by atoms with Crippen LogP contribution >= 0.6 is 23.2 Å². The van der Waals surface area contributed by atoms with Crippen molar-refractivity contribution in [3.05, 3.63) is 74.3 Å². The number of ether oxygens (including phenoxy) is 1. The van der Waals surface area contributed by atoms with Crippen molar-refractivity contribution in [2.75, 3.05) is 7.11 Å². The highest BCUT2D eigenvalue weighted by Gasteiger charge is 2.18. The number of aryl methyl sites for hydroxylation is 1. The van der Waals surface area contributed by atoms with Crippen LogP contribution in [0, 0.1) is 31.0 Å². The Balaban J connectivity index is 0.00000166. The number of nitrogens with zero attached hydrogens (tertiary/aromatic N) is 2. The molecule has 0 saturated heterocycles. The molecule has 162 valence electrons. The summed E-state index contributed by atoms with van der Waals surface area (Å²) in [7, 11) is 1.00. The summed E-state index contributed by atoms with van der Waals surface area (Å²) in [6, 6.07) is 9.16. The van der Waals surface area contributed by atoms with Gasteiger partial charge in [0.1, 0.15) is 5.75 Å². The molecule has 3 rings (SSSR count). The van der Waals surface area contributed by atoms with Crippen molar-refractivity contribution in [1.82, 2.24) is 15.5 Å². The number of halogens is 3. The number of aliphatic hydroxyl groups excluding tert-OH is 1. The van der Waals surface area contributed by atoms with Crippen LogP contribution in [0.4, 0.5) is 4.39 Å². The third kappa shape index (κ3) is 5.73. The second-order valence-corrected chi connectivity index (χ2v) is 7.09. The lowest BCUT2D eigenvalue weighted by atomic mass is 10.1. The van der Waals surface area contributed by atoms with Gasteiger partial charge in [-0.25, -0.2) is 4.39 Å². The van der Waals surface area contributed by atoms with Gasteiger partial charge in [0.05, 0.1) is 16.7 Å². The molecule has 3 N–H and O–H groups in total. The maximum atomic E-state index is 15.0. The molecule has 0 aliphatic rings. The van der Waals surface area contributed by atoms with E-state index in [1.807, 2.05) is 6.07 Å². The average Bonchev–Trinajstić information content (AvgIpc) is 3.09. The molecule has 1 aromatic heterocycles. The van der Waals surface area contributed by atoms with Gasteiger partial charge in [-0.3, -0.25) is 9.89 Å². The number of benzene rings is 2. The molecule has 0 unspecified atom stereocenters. The van der Waals surface area contributed by atoms with Gasteiger partial charge in [-0.2, -0.15) is 10.4 Å². The first-order valence-electron chi connectivity index (χ1n) is 8.90. The number of aromatic amines is 1. The number of nitrogens with one attached hydrogen (secondary N) is 2. The maximum Gasteiger partial charge on any atom is 0.272 e. The Morgan fingerprint density at radius 3 is 2.61 bits per heavy atom. The fourth-order valence-corrected chi connectivity index (χ4v) is 2.98. The van der Waals surface area contributed by atoms with Crippen LogP contribution in [-0.2, 0) is 6.54 Å². The van der Waals surface area contributed by atoms with E-state index in [1.54, 1.807) is 13.8 Å². The van der Waals surface area contributed by atoms with Crippen molar-refractivity contribution >= 4 is 29.1 Å². The van der Waals surface area contributed by atoms with Crippen LogP contribution < -0.4 is 10.1 Å². The first-order valence-corrected chi connectivity index (χ1v) is 9.65. The van der Waals surface area contributed by atoms with E-state index in [-0.39, 0.29) is 44.9 Å². The molecule has 0 bridgehead atoms. The molecule has 7 nitrogen and oxygen atoms in total. The summed E-state index contributed by atoms with van der Waals surface area (Å²) in [5.41, 5.74) is 2.18. The maximum absolute atomic E-state index is 15.0. The molecule has 10 heteroatoms. The first kappa shape index (κ1) is 24.2. The number of carbonyl (C=O) groups is 1. The summed E-state index contributed by atoms with van der Waals surface area (Å²) < 4.78 is 20.5. The zero-order chi connectivity index (χ0) is 23.1. The predicted molar refractivity (Wildman–Crippen MR) is 115 cm³/mol. The number of hydrogen-bond donors (Lipinski definition) is 3. The van der Waals surface area contributed by atoms with Gasteiger partial charge in [-0.15, -0.1) is 0 Å². The van der Waals surface area contributed by atoms with E-state index in [0.29, 0.717) is 0 Å². The number of amides is 1. The van der Waals surface area contributed by atoms with E-state index >= 15 is 0 Å². The quantitative estimate of drug-likeness (QED) is 0.507. The number of aromatic nitrogens is 2. The molecule has 31 heavy (non-hydrogen) atoms. The number of carbonyl (C=O) groups excluding carboxylic acids is 1. The average molecular weight is 465 g/mol. The van der Waals surface area contributed by atoms with Crippen molar-refractivity contribution in [2.45, 2.75) is 20.4 Å². The second kappa shape index (κ2) is 10.8. The van der Waals surface area contributed by atoms with Crippen LogP contribution in [0.3, 0.4) is 0 Å². The van der Waals surface area contributed by atoms with Crippen LogP contribution in [0.15, 0.2) is 30.3 Å². The van der Waals surface area contributed by atoms with E-state index in [0.717, 1.165) is 18.4 Å². The van der Waals surface area contributed by atoms with Gasteiger partial charge in [-0.05, 0) is 38.1 Å². The fourth-order valence-electron chi connectivity index (χ4n) is 2.57. The van der Waals surface area contributed by atoms with Gasteiger partial charge in [0.2, 0.25) is 0 Å². The summed E-state index contributed by atoms with van der Waals surface area (Å²) in [5.74, 6) is -1.22. The van der Waals surface area contributed by atoms with Gasteiger partial charge < -0.3 is 15.2 Å². The van der Waals surface area contributed by atoms with Crippen LogP contribution in [0.5, 0.6) is 11.5 Å². The minimum absolute atomic E-state index is 0.0369. The number of rotatable bonds is 5. The highest BCUT2D eigenvalue weighted by Crippen LogP contribution is 2.35. The van der Waals surface area contributed by atoms with Gasteiger partial charge in [0.15, 0.2) is 17.3 Å². The minimum Gasteiger partial charge on any atom is -0.453 e. The van der Waals surface area contributed by atoms with Crippen molar-refractivity contribution in [1.29, 1.82) is 5.26 Å². The Hall–Kier alpha value is -3.12. The molecule has 0 atom stereocenters. The van der Waals surface area contributed by atoms with Gasteiger partial charge in [-0.1, -0.05) is 29.3 Å². The lowest BCUT2D eigenvalue weighted by Crippen LogP contribution is -2.24. The van der Waals surface area contributed by atoms with Crippen molar-refractivity contribution in [2.24, 2.45) is 0 Å². The highest BCUT2D eigenvalue weighted by atomic mass is 35.5. The van der Waals surface area contributed by atoms with Gasteiger partial charge in [0.25, 0.3) is 5.91 Å². The lowest BCUT2D eigenvalue weighted by Gasteiger charge is -2.13. The Bertz CT molecular complexity index is 1140.